The van der Waals surface area contributed by atoms with Crippen LogP contribution in [0.1, 0.15) is 10.4 Å². The van der Waals surface area contributed by atoms with Crippen LogP contribution in [0.15, 0.2) is 36.5 Å². The van der Waals surface area contributed by atoms with Crippen molar-refractivity contribution < 1.29 is 13.9 Å². The Bertz CT molecular complexity index is 543. The molecule has 0 saturated heterocycles. The van der Waals surface area contributed by atoms with Crippen molar-refractivity contribution in [2.24, 2.45) is 0 Å². The van der Waals surface area contributed by atoms with Crippen molar-refractivity contribution in [1.29, 1.82) is 0 Å². The van der Waals surface area contributed by atoms with E-state index in [-0.39, 0.29) is 10.9 Å². The molecular weight excluding hydrogens is 245 g/mol. The van der Waals surface area contributed by atoms with E-state index in [2.05, 4.69) is 4.98 Å². The van der Waals surface area contributed by atoms with Crippen LogP contribution in [-0.2, 0) is 0 Å². The van der Waals surface area contributed by atoms with Crippen LogP contribution >= 0.6 is 11.6 Å². The van der Waals surface area contributed by atoms with E-state index in [1.165, 1.54) is 24.4 Å². The molecular formula is C12H7ClFNO2. The van der Waals surface area contributed by atoms with Gasteiger partial charge in [0.05, 0.1) is 5.02 Å². The van der Waals surface area contributed by atoms with Crippen LogP contribution in [0, 0.1) is 5.82 Å². The minimum atomic E-state index is -0.561. The second-order valence-electron chi connectivity index (χ2n) is 3.23. The third kappa shape index (κ3) is 2.79. The van der Waals surface area contributed by atoms with Crippen LogP contribution in [0.2, 0.25) is 5.02 Å². The molecule has 5 heteroatoms. The number of aromatic nitrogens is 1. The third-order valence-electron chi connectivity index (χ3n) is 2.01. The van der Waals surface area contributed by atoms with Crippen molar-refractivity contribution in [3.05, 3.63) is 52.9 Å². The molecule has 0 aliphatic rings. The van der Waals surface area contributed by atoms with E-state index in [0.717, 1.165) is 6.07 Å². The molecule has 0 aliphatic heterocycles. The molecule has 1 heterocycles. The van der Waals surface area contributed by atoms with Gasteiger partial charge in [0.25, 0.3) is 0 Å². The van der Waals surface area contributed by atoms with E-state index >= 15 is 0 Å². The smallest absolute Gasteiger partial charge is 0.219 e. The molecule has 0 bridgehead atoms. The van der Waals surface area contributed by atoms with Gasteiger partial charge in [-0.05, 0) is 18.2 Å². The van der Waals surface area contributed by atoms with Crippen molar-refractivity contribution in [2.75, 3.05) is 0 Å². The molecule has 0 amide bonds. The minimum absolute atomic E-state index is 0.0293. The number of carbonyl (C=O) groups is 1. The summed E-state index contributed by atoms with van der Waals surface area (Å²) in [7, 11) is 0. The SMILES string of the molecule is O=Cc1ccc(Oc2ccc(Cl)c(F)c2)nc1. The number of ether oxygens (including phenoxy) is 1. The number of nitrogens with zero attached hydrogens (tertiary/aromatic N) is 1. The molecule has 0 atom stereocenters. The van der Waals surface area contributed by atoms with Gasteiger partial charge < -0.3 is 4.74 Å². The second kappa shape index (κ2) is 4.93. The van der Waals surface area contributed by atoms with Crippen molar-refractivity contribution in [2.45, 2.75) is 0 Å². The Morgan fingerprint density at radius 2 is 2.12 bits per heavy atom. The maximum absolute atomic E-state index is 13.1. The summed E-state index contributed by atoms with van der Waals surface area (Å²) in [5, 5.41) is 0.0293. The van der Waals surface area contributed by atoms with Crippen LogP contribution in [-0.4, -0.2) is 11.3 Å². The molecule has 0 saturated carbocycles. The van der Waals surface area contributed by atoms with Gasteiger partial charge in [-0.25, -0.2) is 9.37 Å². The van der Waals surface area contributed by atoms with Gasteiger partial charge in [0.1, 0.15) is 11.6 Å². The van der Waals surface area contributed by atoms with Gasteiger partial charge in [-0.1, -0.05) is 11.6 Å². The third-order valence-corrected chi connectivity index (χ3v) is 2.32. The van der Waals surface area contributed by atoms with Crippen molar-refractivity contribution in [3.8, 4) is 11.6 Å². The summed E-state index contributed by atoms with van der Waals surface area (Å²) in [6.07, 6.45) is 2.05. The summed E-state index contributed by atoms with van der Waals surface area (Å²) in [6, 6.07) is 7.17. The Kier molecular flexibility index (Phi) is 3.35. The molecule has 0 fully saturated rings. The van der Waals surface area contributed by atoms with Gasteiger partial charge in [-0.2, -0.15) is 0 Å². The normalized spacial score (nSPS) is 10.0. The van der Waals surface area contributed by atoms with Gasteiger partial charge in [-0.15, -0.1) is 0 Å². The van der Waals surface area contributed by atoms with Crippen LogP contribution in [0.4, 0.5) is 4.39 Å². The van der Waals surface area contributed by atoms with E-state index in [1.807, 2.05) is 0 Å². The molecule has 0 spiro atoms. The zero-order valence-corrected chi connectivity index (χ0v) is 9.32. The number of rotatable bonds is 3. The molecule has 86 valence electrons. The standard InChI is InChI=1S/C12H7ClFNO2/c13-10-3-2-9(5-11(10)14)17-12-4-1-8(7-16)6-15-12/h1-7H. The van der Waals surface area contributed by atoms with Crippen LogP contribution in [0.3, 0.4) is 0 Å². The monoisotopic (exact) mass is 251 g/mol. The van der Waals surface area contributed by atoms with E-state index in [0.29, 0.717) is 17.6 Å². The van der Waals surface area contributed by atoms with Gasteiger partial charge in [-0.3, -0.25) is 4.79 Å². The zero-order chi connectivity index (χ0) is 12.3. The number of halogens is 2. The minimum Gasteiger partial charge on any atom is -0.439 e. The number of hydrogen-bond donors (Lipinski definition) is 0. The van der Waals surface area contributed by atoms with Gasteiger partial charge >= 0.3 is 0 Å². The first-order valence-electron chi connectivity index (χ1n) is 4.73. The molecule has 1 aromatic carbocycles. The highest BCUT2D eigenvalue weighted by atomic mass is 35.5. The summed E-state index contributed by atoms with van der Waals surface area (Å²) >= 11 is 5.54. The largest absolute Gasteiger partial charge is 0.439 e. The highest BCUT2D eigenvalue weighted by Gasteiger charge is 2.03. The highest BCUT2D eigenvalue weighted by molar-refractivity contribution is 6.30. The zero-order valence-electron chi connectivity index (χ0n) is 8.56. The maximum Gasteiger partial charge on any atom is 0.219 e. The highest BCUT2D eigenvalue weighted by Crippen LogP contribution is 2.24. The average molecular weight is 252 g/mol. The van der Waals surface area contributed by atoms with E-state index < -0.39 is 5.82 Å². The number of benzene rings is 1. The fraction of sp³-hybridized carbons (Fsp3) is 0. The Labute approximate surface area is 102 Å². The van der Waals surface area contributed by atoms with Crippen LogP contribution in [0.25, 0.3) is 0 Å². The van der Waals surface area contributed by atoms with Gasteiger partial charge in [0.2, 0.25) is 5.88 Å². The molecule has 0 radical (unpaired) electrons. The lowest BCUT2D eigenvalue weighted by molar-refractivity contribution is 0.112. The van der Waals surface area contributed by atoms with Gasteiger partial charge in [0.15, 0.2) is 6.29 Å². The second-order valence-corrected chi connectivity index (χ2v) is 3.63. The van der Waals surface area contributed by atoms with Crippen molar-refractivity contribution in [3.63, 3.8) is 0 Å². The van der Waals surface area contributed by atoms with Crippen molar-refractivity contribution >= 4 is 17.9 Å². The number of carbonyl (C=O) groups excluding carboxylic acids is 1. The summed E-state index contributed by atoms with van der Waals surface area (Å²) in [5.74, 6) is 0.00394. The molecule has 2 aromatic rings. The Morgan fingerprint density at radius 3 is 2.71 bits per heavy atom. The molecule has 2 rings (SSSR count). The molecule has 0 aliphatic carbocycles. The molecule has 3 nitrogen and oxygen atoms in total. The van der Waals surface area contributed by atoms with Gasteiger partial charge in [0, 0.05) is 23.9 Å². The first-order valence-corrected chi connectivity index (χ1v) is 5.11. The molecule has 0 N–H and O–H groups in total. The summed E-state index contributed by atoms with van der Waals surface area (Å²) < 4.78 is 18.4. The van der Waals surface area contributed by atoms with Crippen LogP contribution in [0.5, 0.6) is 11.6 Å². The number of hydrogen-bond acceptors (Lipinski definition) is 3. The summed E-state index contributed by atoms with van der Waals surface area (Å²) in [5.41, 5.74) is 0.444. The lowest BCUT2D eigenvalue weighted by Gasteiger charge is -2.04. The quantitative estimate of drug-likeness (QED) is 0.784. The Hall–Kier alpha value is -1.94. The summed E-state index contributed by atoms with van der Waals surface area (Å²) in [4.78, 5) is 14.3. The fourth-order valence-corrected chi connectivity index (χ4v) is 1.30. The first-order chi connectivity index (χ1) is 8.19. The summed E-state index contributed by atoms with van der Waals surface area (Å²) in [6.45, 7) is 0. The van der Waals surface area contributed by atoms with E-state index in [9.17, 15) is 9.18 Å². The number of aldehydes is 1. The predicted octanol–water partition coefficient (Wildman–Crippen LogP) is 3.48. The lowest BCUT2D eigenvalue weighted by atomic mass is 10.3. The van der Waals surface area contributed by atoms with Crippen molar-refractivity contribution in [1.82, 2.24) is 4.98 Å². The average Bonchev–Trinajstić information content (AvgIpc) is 2.35. The predicted molar refractivity (Wildman–Crippen MR) is 61.1 cm³/mol. The lowest BCUT2D eigenvalue weighted by Crippen LogP contribution is -1.90. The Morgan fingerprint density at radius 1 is 1.29 bits per heavy atom. The fourth-order valence-electron chi connectivity index (χ4n) is 1.18. The van der Waals surface area contributed by atoms with E-state index in [1.54, 1.807) is 6.07 Å². The van der Waals surface area contributed by atoms with E-state index in [4.69, 9.17) is 16.3 Å². The number of pyridine rings is 1. The first kappa shape index (κ1) is 11.5. The molecule has 0 unspecified atom stereocenters. The topological polar surface area (TPSA) is 39.2 Å². The molecule has 1 aromatic heterocycles. The molecule has 17 heavy (non-hydrogen) atoms. The Balaban J connectivity index is 2.19. The maximum atomic E-state index is 13.1. The van der Waals surface area contributed by atoms with Crippen LogP contribution < -0.4 is 4.74 Å².